The van der Waals surface area contributed by atoms with Gasteiger partial charge in [0.25, 0.3) is 0 Å². The Kier molecular flexibility index (Phi) is 18.8. The van der Waals surface area contributed by atoms with E-state index in [0.717, 1.165) is 44.8 Å². The molecule has 0 saturated heterocycles. The smallest absolute Gasteiger partial charge is 0.196 e. The van der Waals surface area contributed by atoms with Crippen molar-refractivity contribution in [2.45, 2.75) is 77.0 Å². The number of aromatic nitrogens is 2. The summed E-state index contributed by atoms with van der Waals surface area (Å²) in [4.78, 5) is 21.4. The van der Waals surface area contributed by atoms with Gasteiger partial charge in [-0.3, -0.25) is 4.79 Å². The third-order valence-electron chi connectivity index (χ3n) is 22.0. The number of carbonyl (C=O) groups excluding carboxylic acids is 1. The summed E-state index contributed by atoms with van der Waals surface area (Å²) in [5.41, 5.74) is 34.2. The molecule has 106 heavy (non-hydrogen) atoms. The zero-order valence-corrected chi connectivity index (χ0v) is 63.2. The van der Waals surface area contributed by atoms with Gasteiger partial charge >= 0.3 is 0 Å². The molecule has 0 bridgehead atoms. The van der Waals surface area contributed by atoms with E-state index < -0.39 is 0 Å². The Morgan fingerprint density at radius 1 is 0.330 bits per heavy atom. The summed E-state index contributed by atoms with van der Waals surface area (Å²) < 4.78 is 11.8. The molecule has 0 saturated carbocycles. The quantitative estimate of drug-likeness (QED) is 0.0704. The molecule has 2 aromatic heterocycles. The van der Waals surface area contributed by atoms with E-state index in [1.807, 2.05) is 133 Å². The van der Waals surface area contributed by atoms with Gasteiger partial charge in [0.2, 0.25) is 0 Å². The van der Waals surface area contributed by atoms with Crippen LogP contribution in [-0.2, 0) is 46.6 Å². The number of hydrogen-bond acceptors (Lipinski definition) is 6. The van der Waals surface area contributed by atoms with E-state index in [-0.39, 0.29) is 66.5 Å². The van der Waals surface area contributed by atoms with Crippen LogP contribution in [0.2, 0.25) is 0 Å². The third-order valence-corrected chi connectivity index (χ3v) is 22.0. The fraction of sp³-hybridized carbons (Fsp3) is 0.141. The predicted octanol–water partition coefficient (Wildman–Crippen LogP) is 24.1. The van der Waals surface area contributed by atoms with Crippen molar-refractivity contribution >= 4 is 5.78 Å². The maximum absolute atomic E-state index is 13.0. The number of fused-ring (bicyclic) bond motifs is 12. The van der Waals surface area contributed by atoms with E-state index in [4.69, 9.17) is 9.47 Å². The van der Waals surface area contributed by atoms with Crippen LogP contribution in [0.15, 0.2) is 315 Å². The first-order chi connectivity index (χ1) is 50.9. The summed E-state index contributed by atoms with van der Waals surface area (Å²) in [7, 11) is 0. The number of benzene rings is 12. The van der Waals surface area contributed by atoms with Crippen molar-refractivity contribution in [3.05, 3.63) is 372 Å². The van der Waals surface area contributed by atoms with Crippen LogP contribution < -0.4 is 9.47 Å². The largest absolute Gasteiger partial charge is 0.509 e. The van der Waals surface area contributed by atoms with Crippen LogP contribution >= 0.6 is 0 Å². The number of ether oxygens (including phenoxy) is 2. The van der Waals surface area contributed by atoms with Crippen molar-refractivity contribution in [2.75, 3.05) is 13.2 Å². The predicted molar refractivity (Wildman–Crippen MR) is 429 cm³/mol. The summed E-state index contributed by atoms with van der Waals surface area (Å²) in [6, 6.07) is 109. The average molecular weight is 1550 g/mol. The second-order valence-corrected chi connectivity index (χ2v) is 29.9. The molecule has 0 amide bonds. The van der Waals surface area contributed by atoms with Gasteiger partial charge in [-0.15, -0.1) is 71.8 Å². The molecule has 0 fully saturated rings. The van der Waals surface area contributed by atoms with E-state index in [0.29, 0.717) is 11.5 Å². The monoisotopic (exact) mass is 1550 g/mol. The van der Waals surface area contributed by atoms with Crippen molar-refractivity contribution in [1.82, 2.24) is 9.97 Å². The maximum Gasteiger partial charge on any atom is 0.196 e. The third kappa shape index (κ3) is 13.1. The molecule has 521 valence electrons. The number of hydrogen-bond donors (Lipinski definition) is 1. The van der Waals surface area contributed by atoms with E-state index in [9.17, 15) is 9.90 Å². The Morgan fingerprint density at radius 3 is 0.934 bits per heavy atom. The van der Waals surface area contributed by atoms with Gasteiger partial charge in [-0.1, -0.05) is 225 Å². The number of aliphatic hydroxyl groups excluding tert-OH is 1. The van der Waals surface area contributed by atoms with Crippen LogP contribution in [-0.4, -0.2) is 34.1 Å². The summed E-state index contributed by atoms with van der Waals surface area (Å²) in [5, 5.41) is 10.7. The van der Waals surface area contributed by atoms with Gasteiger partial charge < -0.3 is 24.5 Å². The van der Waals surface area contributed by atoms with Gasteiger partial charge in [0.15, 0.2) is 12.4 Å². The molecular weight excluding hydrogens is 1470 g/mol. The molecule has 4 aliphatic carbocycles. The van der Waals surface area contributed by atoms with Crippen LogP contribution in [0.25, 0.3) is 112 Å². The van der Waals surface area contributed by atoms with Crippen LogP contribution in [0.5, 0.6) is 11.5 Å². The summed E-state index contributed by atoms with van der Waals surface area (Å²) >= 11 is 0. The van der Waals surface area contributed by atoms with E-state index >= 15 is 0 Å². The van der Waals surface area contributed by atoms with Gasteiger partial charge in [0.05, 0.1) is 0 Å². The normalized spacial score (nSPS) is 14.1. The zero-order chi connectivity index (χ0) is 72.2. The minimum absolute atomic E-state index is 0. The molecule has 2 heterocycles. The van der Waals surface area contributed by atoms with Gasteiger partial charge in [-0.05, 0) is 218 Å². The molecule has 7 heteroatoms. The SMILES string of the molecule is CC1(C)c2ccccc2-c2ccc(-c3ccc4c(c3)C(C)(C)c3cc(-c5ccc(OCC(=O)/C=C(\O)COc6ccc(-c7ccc8c(c7)C(C)(C)c7cc(-c9ccc%10c(c9)C(C)(C)c9ccccc9-%10)ccc7-8)cc6)cc5)ccc3-4)cc21.[Ir].[c-]1ccccc1-c1ccccn1.[c-]1ccccc1-c1ccccn1. The molecule has 0 aliphatic heterocycles. The fourth-order valence-corrected chi connectivity index (χ4v) is 16.2. The molecular formula is C99H80IrN2O4-2. The van der Waals surface area contributed by atoms with Crippen molar-refractivity contribution in [2.24, 2.45) is 0 Å². The molecule has 1 radical (unpaired) electrons. The van der Waals surface area contributed by atoms with Gasteiger partial charge in [-0.2, -0.15) is 0 Å². The van der Waals surface area contributed by atoms with Crippen molar-refractivity contribution in [3.8, 4) is 123 Å². The van der Waals surface area contributed by atoms with Crippen LogP contribution in [0.4, 0.5) is 0 Å². The number of nitrogens with zero attached hydrogens (tertiary/aromatic N) is 2. The van der Waals surface area contributed by atoms with E-state index in [1.54, 1.807) is 12.4 Å². The number of ketones is 1. The first kappa shape index (κ1) is 70.1. The van der Waals surface area contributed by atoms with Crippen molar-refractivity contribution < 1.29 is 39.5 Å². The number of pyridine rings is 2. The number of rotatable bonds is 13. The minimum atomic E-state index is -0.360. The van der Waals surface area contributed by atoms with Gasteiger partial charge in [0.1, 0.15) is 23.9 Å². The van der Waals surface area contributed by atoms with Crippen molar-refractivity contribution in [1.29, 1.82) is 0 Å². The molecule has 0 spiro atoms. The molecule has 14 aromatic rings. The standard InChI is InChI=1S/C77H64O4.2C11H8N.Ir/c1-74(2)66-15-11-9-13-58(66)60-33-23-50(39-68(60)74)52-25-35-64-62-31-21-48(37-70(62)76(5,6)72(64)41-52)46-17-27-56(28-18-46)80-44-54(78)43-55(79)45-81-57-29-19-47(20-30-57)49-22-32-63-65-36-26-53(42-73(65)77(7,8)71(63)38-49)51-24-34-61-59-14-10-12-16-67(59)75(3,4)69(61)40-51;2*1-2-6-10(7-3-1)11-8-4-5-9-12-11;/h9-43,78H,44-45H2,1-8H3;2*1-6,8-9H;/q;2*-1;/b54-43-;;;. The molecule has 0 unspecified atom stereocenters. The molecule has 18 rings (SSSR count). The topological polar surface area (TPSA) is 81.5 Å². The Labute approximate surface area is 636 Å². The maximum atomic E-state index is 13.0. The molecule has 0 atom stereocenters. The Morgan fingerprint density at radius 2 is 0.613 bits per heavy atom. The molecule has 6 nitrogen and oxygen atoms in total. The number of carbonyl (C=O) groups is 1. The van der Waals surface area contributed by atoms with Gasteiger partial charge in [0, 0.05) is 60.2 Å². The molecule has 1 N–H and O–H groups in total. The molecule has 12 aromatic carbocycles. The van der Waals surface area contributed by atoms with Crippen molar-refractivity contribution in [3.63, 3.8) is 0 Å². The molecule has 4 aliphatic rings. The Bertz CT molecular complexity index is 5520. The minimum Gasteiger partial charge on any atom is -0.509 e. The summed E-state index contributed by atoms with van der Waals surface area (Å²) in [6.45, 7) is 18.3. The van der Waals surface area contributed by atoms with E-state index in [1.165, 1.54) is 117 Å². The Hall–Kier alpha value is -11.6. The van der Waals surface area contributed by atoms with E-state index in [2.05, 4.69) is 235 Å². The number of aliphatic hydroxyl groups is 1. The van der Waals surface area contributed by atoms with Crippen LogP contribution in [0, 0.1) is 12.1 Å². The van der Waals surface area contributed by atoms with Gasteiger partial charge in [-0.25, -0.2) is 0 Å². The summed E-state index contributed by atoms with van der Waals surface area (Å²) in [5.74, 6) is 0.633. The van der Waals surface area contributed by atoms with Crippen LogP contribution in [0.3, 0.4) is 0 Å². The zero-order valence-electron chi connectivity index (χ0n) is 60.8. The summed E-state index contributed by atoms with van der Waals surface area (Å²) in [6.07, 6.45) is 4.76. The van der Waals surface area contributed by atoms with Crippen LogP contribution in [0.1, 0.15) is 99.9 Å². The second-order valence-electron chi connectivity index (χ2n) is 29.9. The first-order valence-electron chi connectivity index (χ1n) is 36.1. The first-order valence-corrected chi connectivity index (χ1v) is 36.1. The Balaban J connectivity index is 0.000000303. The fourth-order valence-electron chi connectivity index (χ4n) is 16.2. The second kappa shape index (κ2) is 28.5. The average Bonchev–Trinajstić information content (AvgIpc) is 1.58.